The summed E-state index contributed by atoms with van der Waals surface area (Å²) in [5.74, 6) is -1.44. The molecule has 3 aromatic rings. The Morgan fingerprint density at radius 3 is 2.67 bits per heavy atom. The number of aromatic nitrogens is 2. The maximum absolute atomic E-state index is 15.3. The van der Waals surface area contributed by atoms with Gasteiger partial charge in [0, 0.05) is 43.3 Å². The van der Waals surface area contributed by atoms with Crippen molar-refractivity contribution >= 4 is 6.09 Å². The zero-order valence-electron chi connectivity index (χ0n) is 22.4. The average Bonchev–Trinajstić information content (AvgIpc) is 3.47. The maximum atomic E-state index is 15.3. The van der Waals surface area contributed by atoms with Crippen molar-refractivity contribution in [3.63, 3.8) is 0 Å². The molecule has 1 fully saturated rings. The number of H-pyrrole nitrogens is 1. The second-order valence-corrected chi connectivity index (χ2v) is 11.4. The minimum Gasteiger partial charge on any atom is -0.444 e. The molecule has 208 valence electrons. The van der Waals surface area contributed by atoms with E-state index < -0.39 is 35.4 Å². The van der Waals surface area contributed by atoms with Gasteiger partial charge in [0.05, 0.1) is 24.0 Å². The van der Waals surface area contributed by atoms with Gasteiger partial charge in [0.25, 0.3) is 0 Å². The summed E-state index contributed by atoms with van der Waals surface area (Å²) in [6, 6.07) is 8.64. The van der Waals surface area contributed by atoms with Crippen LogP contribution in [0.25, 0.3) is 0 Å². The van der Waals surface area contributed by atoms with Crippen LogP contribution in [0.3, 0.4) is 0 Å². The van der Waals surface area contributed by atoms with Crippen LogP contribution in [0.2, 0.25) is 0 Å². The van der Waals surface area contributed by atoms with Gasteiger partial charge in [0.15, 0.2) is 0 Å². The van der Waals surface area contributed by atoms with Gasteiger partial charge in [0.1, 0.15) is 23.1 Å². The van der Waals surface area contributed by atoms with E-state index in [1.54, 1.807) is 39.0 Å². The predicted octanol–water partition coefficient (Wildman–Crippen LogP) is 5.09. The molecule has 3 heterocycles. The number of nitrogens with zero attached hydrogens (tertiary/aromatic N) is 3. The Morgan fingerprint density at radius 1 is 1.13 bits per heavy atom. The molecule has 7 nitrogen and oxygen atoms in total. The lowest BCUT2D eigenvalue weighted by molar-refractivity contribution is 0.0169. The molecule has 10 heteroatoms. The number of alkyl carbamates (subject to hydrolysis) is 1. The van der Waals surface area contributed by atoms with Crippen molar-refractivity contribution in [2.45, 2.75) is 70.4 Å². The summed E-state index contributed by atoms with van der Waals surface area (Å²) in [6.45, 7) is 7.58. The van der Waals surface area contributed by atoms with E-state index in [1.165, 1.54) is 12.1 Å². The van der Waals surface area contributed by atoms with Crippen LogP contribution in [0.1, 0.15) is 55.6 Å². The maximum Gasteiger partial charge on any atom is 0.407 e. The van der Waals surface area contributed by atoms with Crippen molar-refractivity contribution in [3.8, 4) is 0 Å². The van der Waals surface area contributed by atoms with Crippen molar-refractivity contribution in [2.24, 2.45) is 0 Å². The van der Waals surface area contributed by atoms with Gasteiger partial charge < -0.3 is 10.1 Å². The van der Waals surface area contributed by atoms with E-state index in [1.807, 2.05) is 11.1 Å². The van der Waals surface area contributed by atoms with E-state index in [4.69, 9.17) is 4.74 Å². The molecule has 5 rings (SSSR count). The zero-order valence-corrected chi connectivity index (χ0v) is 22.4. The molecule has 1 aromatic heterocycles. The third-order valence-electron chi connectivity index (χ3n) is 7.41. The van der Waals surface area contributed by atoms with Crippen molar-refractivity contribution in [1.29, 1.82) is 0 Å². The second-order valence-electron chi connectivity index (χ2n) is 11.4. The number of hydrogen-bond acceptors (Lipinski definition) is 5. The highest BCUT2D eigenvalue weighted by atomic mass is 19.1. The van der Waals surface area contributed by atoms with E-state index in [-0.39, 0.29) is 17.4 Å². The van der Waals surface area contributed by atoms with E-state index in [0.717, 1.165) is 23.4 Å². The summed E-state index contributed by atoms with van der Waals surface area (Å²) in [7, 11) is 0. The van der Waals surface area contributed by atoms with E-state index in [0.29, 0.717) is 44.6 Å². The summed E-state index contributed by atoms with van der Waals surface area (Å²) in [5.41, 5.74) is 2.12. The smallest absolute Gasteiger partial charge is 0.407 e. The molecule has 0 spiro atoms. The first-order chi connectivity index (χ1) is 18.6. The van der Waals surface area contributed by atoms with Crippen molar-refractivity contribution in [2.75, 3.05) is 13.1 Å². The number of carbonyl (C=O) groups excluding carboxylic acids is 1. The fraction of sp³-hybridized carbons (Fsp3) is 0.448. The van der Waals surface area contributed by atoms with Crippen LogP contribution >= 0.6 is 0 Å². The minimum absolute atomic E-state index is 0.0146. The predicted molar refractivity (Wildman–Crippen MR) is 140 cm³/mol. The van der Waals surface area contributed by atoms with Gasteiger partial charge in [-0.05, 0) is 63.4 Å². The molecule has 0 aliphatic carbocycles. The van der Waals surface area contributed by atoms with Gasteiger partial charge in [-0.25, -0.2) is 18.0 Å². The molecule has 0 unspecified atom stereocenters. The fourth-order valence-electron chi connectivity index (χ4n) is 5.69. The Hall–Kier alpha value is -3.37. The molecule has 2 aliphatic rings. The molecule has 3 atom stereocenters. The van der Waals surface area contributed by atoms with Crippen LogP contribution in [0, 0.1) is 17.5 Å². The first kappa shape index (κ1) is 27.2. The number of benzene rings is 2. The summed E-state index contributed by atoms with van der Waals surface area (Å²) < 4.78 is 49.7. The highest BCUT2D eigenvalue weighted by Gasteiger charge is 2.42. The number of halogens is 3. The van der Waals surface area contributed by atoms with Crippen LogP contribution in [0.5, 0.6) is 0 Å². The number of piperidine rings is 1. The van der Waals surface area contributed by atoms with Crippen molar-refractivity contribution in [1.82, 2.24) is 25.3 Å². The first-order valence-electron chi connectivity index (χ1n) is 13.2. The normalized spacial score (nSPS) is 22.1. The Bertz CT molecular complexity index is 1300. The van der Waals surface area contributed by atoms with E-state index in [9.17, 15) is 13.6 Å². The number of hydrogen-bond donors (Lipinski definition) is 2. The fourth-order valence-corrected chi connectivity index (χ4v) is 5.69. The minimum atomic E-state index is -0.729. The Labute approximate surface area is 226 Å². The monoisotopic (exact) mass is 541 g/mol. The number of nitrogens with one attached hydrogen (secondary N) is 2. The lowest BCUT2D eigenvalue weighted by Gasteiger charge is -2.47. The SMILES string of the molecule is CC(C)(C)OC(=O)N[C@H]1C[C@@H](N2Cc3cn[nH]c3C2)CN(CCc2ccccc2F)[C@@H]1c1cc(F)ccc1F. The second kappa shape index (κ2) is 11.0. The van der Waals surface area contributed by atoms with Crippen LogP contribution in [0.15, 0.2) is 48.7 Å². The van der Waals surface area contributed by atoms with Crippen LogP contribution in [0.4, 0.5) is 18.0 Å². The van der Waals surface area contributed by atoms with Crippen LogP contribution in [-0.2, 0) is 24.2 Å². The average molecular weight is 542 g/mol. The third-order valence-corrected chi connectivity index (χ3v) is 7.41. The Kier molecular flexibility index (Phi) is 7.68. The van der Waals surface area contributed by atoms with Gasteiger partial charge in [-0.3, -0.25) is 14.9 Å². The van der Waals surface area contributed by atoms with Gasteiger partial charge in [-0.15, -0.1) is 0 Å². The molecular weight excluding hydrogens is 507 g/mol. The Morgan fingerprint density at radius 2 is 1.92 bits per heavy atom. The highest BCUT2D eigenvalue weighted by Crippen LogP contribution is 2.37. The quantitative estimate of drug-likeness (QED) is 0.455. The number of fused-ring (bicyclic) bond motifs is 1. The lowest BCUT2D eigenvalue weighted by Crippen LogP contribution is -2.58. The number of amides is 1. The van der Waals surface area contributed by atoms with Gasteiger partial charge in [0.2, 0.25) is 0 Å². The summed E-state index contributed by atoms with van der Waals surface area (Å²) in [5, 5.41) is 10.1. The van der Waals surface area contributed by atoms with Crippen LogP contribution < -0.4 is 5.32 Å². The largest absolute Gasteiger partial charge is 0.444 e. The highest BCUT2D eigenvalue weighted by molar-refractivity contribution is 5.68. The molecule has 0 bridgehead atoms. The summed E-state index contributed by atoms with van der Waals surface area (Å²) in [6.07, 6.45) is 2.05. The molecule has 39 heavy (non-hydrogen) atoms. The number of carbonyl (C=O) groups is 1. The van der Waals surface area contributed by atoms with Crippen LogP contribution in [-0.4, -0.2) is 56.9 Å². The van der Waals surface area contributed by atoms with Gasteiger partial charge in [-0.1, -0.05) is 18.2 Å². The zero-order chi connectivity index (χ0) is 27.7. The molecule has 0 radical (unpaired) electrons. The first-order valence-corrected chi connectivity index (χ1v) is 13.2. The molecule has 0 saturated carbocycles. The third kappa shape index (κ3) is 6.28. The number of rotatable bonds is 6. The molecule has 1 saturated heterocycles. The topological polar surface area (TPSA) is 73.5 Å². The number of aromatic amines is 1. The van der Waals surface area contributed by atoms with E-state index >= 15 is 4.39 Å². The molecule has 2 aliphatic heterocycles. The molecule has 1 amide bonds. The summed E-state index contributed by atoms with van der Waals surface area (Å²) >= 11 is 0. The Balaban J connectivity index is 1.48. The summed E-state index contributed by atoms with van der Waals surface area (Å²) in [4.78, 5) is 17.3. The van der Waals surface area contributed by atoms with Gasteiger partial charge >= 0.3 is 6.09 Å². The molecule has 2 N–H and O–H groups in total. The number of likely N-dealkylation sites (tertiary alicyclic amines) is 1. The standard InChI is InChI=1S/C29H34F3N5O2/c1-29(2,3)39-28(38)34-25-13-21(37-15-19-14-33-35-26(19)17-37)16-36(11-10-18-6-4-5-7-23(18)31)27(25)22-12-20(30)8-9-24(22)32/h4-9,12,14,21,25,27H,10-11,13,15-17H2,1-3H3,(H,33,35)(H,34,38)/t21-,25+,27-/m1/s1. The molecular formula is C29H34F3N5O2. The van der Waals surface area contributed by atoms with Crippen molar-refractivity contribution in [3.05, 3.63) is 88.5 Å². The lowest BCUT2D eigenvalue weighted by atomic mass is 9.86. The number of ether oxygens (including phenoxy) is 1. The van der Waals surface area contributed by atoms with E-state index in [2.05, 4.69) is 20.4 Å². The van der Waals surface area contributed by atoms with Crippen molar-refractivity contribution < 1.29 is 22.7 Å². The van der Waals surface area contributed by atoms with Gasteiger partial charge in [-0.2, -0.15) is 5.10 Å². The molecule has 2 aromatic carbocycles.